The lowest BCUT2D eigenvalue weighted by Gasteiger charge is -2.42. The molecule has 2 amide bonds. The Bertz CT molecular complexity index is 726. The molecule has 0 N–H and O–H groups in total. The predicted octanol–water partition coefficient (Wildman–Crippen LogP) is 3.09. The summed E-state index contributed by atoms with van der Waals surface area (Å²) < 4.78 is 5.56. The lowest BCUT2D eigenvalue weighted by atomic mass is 10.0. The minimum absolute atomic E-state index is 0.157. The fourth-order valence-electron chi connectivity index (χ4n) is 3.18. The first-order chi connectivity index (χ1) is 12.3. The minimum atomic E-state index is -0.576. The van der Waals surface area contributed by atoms with Crippen LogP contribution in [0, 0.1) is 17.2 Å². The van der Waals surface area contributed by atoms with Gasteiger partial charge in [-0.15, -0.1) is 0 Å². The molecule has 2 aliphatic rings. The van der Waals surface area contributed by atoms with Crippen LogP contribution in [0.1, 0.15) is 50.8 Å². The van der Waals surface area contributed by atoms with E-state index in [0.717, 1.165) is 18.4 Å². The van der Waals surface area contributed by atoms with E-state index in [1.807, 2.05) is 37.8 Å². The smallest absolute Gasteiger partial charge is 0.410 e. The zero-order valence-electron chi connectivity index (χ0n) is 15.6. The molecule has 2 fully saturated rings. The number of amides is 2. The van der Waals surface area contributed by atoms with Gasteiger partial charge in [0.2, 0.25) is 5.91 Å². The van der Waals surface area contributed by atoms with Gasteiger partial charge in [0.1, 0.15) is 5.60 Å². The van der Waals surface area contributed by atoms with Gasteiger partial charge < -0.3 is 9.64 Å². The predicted molar refractivity (Wildman–Crippen MR) is 96.1 cm³/mol. The van der Waals surface area contributed by atoms with Gasteiger partial charge in [-0.3, -0.25) is 9.69 Å². The Morgan fingerprint density at radius 2 is 1.81 bits per heavy atom. The van der Waals surface area contributed by atoms with E-state index in [1.54, 1.807) is 17.0 Å². The number of piperazine rings is 1. The van der Waals surface area contributed by atoms with Gasteiger partial charge in [-0.2, -0.15) is 5.26 Å². The van der Waals surface area contributed by atoms with Gasteiger partial charge in [0.15, 0.2) is 0 Å². The Kier molecular flexibility index (Phi) is 4.90. The Hall–Kier alpha value is -2.55. The average molecular weight is 355 g/mol. The van der Waals surface area contributed by atoms with E-state index in [4.69, 9.17) is 10.00 Å². The first kappa shape index (κ1) is 18.2. The molecule has 1 aromatic rings. The van der Waals surface area contributed by atoms with Crippen molar-refractivity contribution < 1.29 is 14.3 Å². The third-order valence-electron chi connectivity index (χ3n) is 4.67. The van der Waals surface area contributed by atoms with Crippen molar-refractivity contribution in [3.05, 3.63) is 35.4 Å². The van der Waals surface area contributed by atoms with Crippen LogP contribution in [0.3, 0.4) is 0 Å². The molecule has 0 bridgehead atoms. The van der Waals surface area contributed by atoms with E-state index in [-0.39, 0.29) is 24.0 Å². The molecule has 6 nitrogen and oxygen atoms in total. The molecule has 1 saturated heterocycles. The second kappa shape index (κ2) is 6.99. The summed E-state index contributed by atoms with van der Waals surface area (Å²) in [5, 5.41) is 9.00. The number of rotatable bonds is 2. The third kappa shape index (κ3) is 4.16. The highest BCUT2D eigenvalue weighted by Gasteiger charge is 2.40. The summed E-state index contributed by atoms with van der Waals surface area (Å²) in [4.78, 5) is 28.7. The molecule has 1 heterocycles. The molecule has 1 atom stereocenters. The maximum absolute atomic E-state index is 12.7. The number of carbonyl (C=O) groups excluding carboxylic acids is 2. The van der Waals surface area contributed by atoms with Crippen LogP contribution in [0.25, 0.3) is 0 Å². The van der Waals surface area contributed by atoms with Crippen molar-refractivity contribution in [1.82, 2.24) is 9.80 Å². The summed E-state index contributed by atoms with van der Waals surface area (Å²) in [5.41, 5.74) is 0.898. The number of nitriles is 1. The SMILES string of the molecule is CC(C)(C)OC(=O)N1CCN(C(=O)C2CC2)C[C@@H]1c1ccc(C#N)cc1. The summed E-state index contributed by atoms with van der Waals surface area (Å²) in [7, 11) is 0. The molecular weight excluding hydrogens is 330 g/mol. The number of ether oxygens (including phenoxy) is 1. The molecule has 1 saturated carbocycles. The third-order valence-corrected chi connectivity index (χ3v) is 4.67. The van der Waals surface area contributed by atoms with Crippen LogP contribution in [0.4, 0.5) is 4.79 Å². The van der Waals surface area contributed by atoms with Crippen LogP contribution in [0.5, 0.6) is 0 Å². The van der Waals surface area contributed by atoms with Gasteiger partial charge in [0, 0.05) is 25.6 Å². The first-order valence-electron chi connectivity index (χ1n) is 9.07. The van der Waals surface area contributed by atoms with Gasteiger partial charge in [0.05, 0.1) is 17.7 Å². The lowest BCUT2D eigenvalue weighted by Crippen LogP contribution is -2.53. The molecule has 0 radical (unpaired) electrons. The molecule has 0 spiro atoms. The monoisotopic (exact) mass is 355 g/mol. The molecule has 1 aliphatic carbocycles. The fraction of sp³-hybridized carbons (Fsp3) is 0.550. The van der Waals surface area contributed by atoms with E-state index in [2.05, 4.69) is 6.07 Å². The van der Waals surface area contributed by atoms with Crippen molar-refractivity contribution in [1.29, 1.82) is 5.26 Å². The average Bonchev–Trinajstić information content (AvgIpc) is 3.44. The number of benzene rings is 1. The van der Waals surface area contributed by atoms with Gasteiger partial charge in [-0.1, -0.05) is 12.1 Å². The van der Waals surface area contributed by atoms with Gasteiger partial charge in [-0.05, 0) is 51.3 Å². The Balaban J connectivity index is 1.83. The molecular formula is C20H25N3O3. The maximum atomic E-state index is 12.7. The van der Waals surface area contributed by atoms with E-state index >= 15 is 0 Å². The Labute approximate surface area is 154 Å². The van der Waals surface area contributed by atoms with Gasteiger partial charge in [0.25, 0.3) is 0 Å². The van der Waals surface area contributed by atoms with Crippen LogP contribution in [-0.2, 0) is 9.53 Å². The summed E-state index contributed by atoms with van der Waals surface area (Å²) >= 11 is 0. The first-order valence-corrected chi connectivity index (χ1v) is 9.07. The summed E-state index contributed by atoms with van der Waals surface area (Å²) in [5.74, 6) is 0.345. The van der Waals surface area contributed by atoms with Crippen molar-refractivity contribution >= 4 is 12.0 Å². The van der Waals surface area contributed by atoms with E-state index in [0.29, 0.717) is 25.2 Å². The normalized spacial score (nSPS) is 20.5. The van der Waals surface area contributed by atoms with E-state index in [9.17, 15) is 9.59 Å². The summed E-state index contributed by atoms with van der Waals surface area (Å²) in [6, 6.07) is 9.02. The van der Waals surface area contributed by atoms with Crippen molar-refractivity contribution in [3.63, 3.8) is 0 Å². The Morgan fingerprint density at radius 3 is 2.35 bits per heavy atom. The maximum Gasteiger partial charge on any atom is 0.410 e. The lowest BCUT2D eigenvalue weighted by molar-refractivity contribution is -0.135. The zero-order chi connectivity index (χ0) is 18.9. The minimum Gasteiger partial charge on any atom is -0.444 e. The zero-order valence-corrected chi connectivity index (χ0v) is 15.6. The number of hydrogen-bond donors (Lipinski definition) is 0. The van der Waals surface area contributed by atoms with Crippen molar-refractivity contribution in [2.24, 2.45) is 5.92 Å². The summed E-state index contributed by atoms with van der Waals surface area (Å²) in [6.07, 6.45) is 1.56. The van der Waals surface area contributed by atoms with Crippen molar-refractivity contribution in [2.75, 3.05) is 19.6 Å². The van der Waals surface area contributed by atoms with E-state index in [1.165, 1.54) is 0 Å². The second-order valence-electron chi connectivity index (χ2n) is 7.98. The molecule has 138 valence electrons. The van der Waals surface area contributed by atoms with Crippen LogP contribution in [-0.4, -0.2) is 47.0 Å². The molecule has 1 aromatic carbocycles. The molecule has 26 heavy (non-hydrogen) atoms. The van der Waals surface area contributed by atoms with Gasteiger partial charge >= 0.3 is 6.09 Å². The van der Waals surface area contributed by atoms with E-state index < -0.39 is 5.60 Å². The molecule has 0 unspecified atom stereocenters. The van der Waals surface area contributed by atoms with Crippen LogP contribution < -0.4 is 0 Å². The highest BCUT2D eigenvalue weighted by atomic mass is 16.6. The summed E-state index contributed by atoms with van der Waals surface area (Å²) in [6.45, 7) is 6.96. The number of hydrogen-bond acceptors (Lipinski definition) is 4. The fourth-order valence-corrected chi connectivity index (χ4v) is 3.18. The van der Waals surface area contributed by atoms with Crippen molar-refractivity contribution in [2.45, 2.75) is 45.3 Å². The van der Waals surface area contributed by atoms with Crippen LogP contribution in [0.2, 0.25) is 0 Å². The quantitative estimate of drug-likeness (QED) is 0.817. The van der Waals surface area contributed by atoms with Crippen LogP contribution in [0.15, 0.2) is 24.3 Å². The number of carbonyl (C=O) groups is 2. The molecule has 3 rings (SSSR count). The molecule has 0 aromatic heterocycles. The largest absolute Gasteiger partial charge is 0.444 e. The van der Waals surface area contributed by atoms with Crippen LogP contribution >= 0.6 is 0 Å². The molecule has 1 aliphatic heterocycles. The standard InChI is InChI=1S/C20H25N3O3/c1-20(2,3)26-19(25)23-11-10-22(18(24)16-8-9-16)13-17(23)15-6-4-14(12-21)5-7-15/h4-7,16-17H,8-11,13H2,1-3H3/t17-/m1/s1. The number of nitrogens with zero attached hydrogens (tertiary/aromatic N) is 3. The van der Waals surface area contributed by atoms with Gasteiger partial charge in [-0.25, -0.2) is 4.79 Å². The Morgan fingerprint density at radius 1 is 1.15 bits per heavy atom. The highest BCUT2D eigenvalue weighted by molar-refractivity contribution is 5.81. The molecule has 6 heteroatoms. The topological polar surface area (TPSA) is 73.6 Å². The highest BCUT2D eigenvalue weighted by Crippen LogP contribution is 2.34. The van der Waals surface area contributed by atoms with Crippen molar-refractivity contribution in [3.8, 4) is 6.07 Å². The second-order valence-corrected chi connectivity index (χ2v) is 7.98.